The van der Waals surface area contributed by atoms with Crippen molar-refractivity contribution in [3.63, 3.8) is 0 Å². The van der Waals surface area contributed by atoms with Gasteiger partial charge in [0.25, 0.3) is 0 Å². The lowest BCUT2D eigenvalue weighted by molar-refractivity contribution is 0.145. The zero-order chi connectivity index (χ0) is 8.97. The molecule has 0 bridgehead atoms. The van der Waals surface area contributed by atoms with Gasteiger partial charge in [0.05, 0.1) is 6.10 Å². The van der Waals surface area contributed by atoms with Crippen LogP contribution in [0, 0.1) is 0 Å². The lowest BCUT2D eigenvalue weighted by Crippen LogP contribution is -2.42. The quantitative estimate of drug-likeness (QED) is 0.698. The molecule has 12 heavy (non-hydrogen) atoms. The largest absolute Gasteiger partial charge is 0.392 e. The summed E-state index contributed by atoms with van der Waals surface area (Å²) in [5.41, 5.74) is 0. The molecular weight excluding hydrogens is 170 g/mol. The molecule has 1 aliphatic carbocycles. The van der Waals surface area contributed by atoms with Crippen molar-refractivity contribution in [2.24, 2.45) is 0 Å². The van der Waals surface area contributed by atoms with Crippen LogP contribution in [0.3, 0.4) is 0 Å². The summed E-state index contributed by atoms with van der Waals surface area (Å²) in [6, 6.07) is 0.880. The Kier molecular flexibility index (Phi) is 4.40. The minimum Gasteiger partial charge on any atom is -0.392 e. The highest BCUT2D eigenvalue weighted by atomic mass is 32.2. The molecule has 3 heteroatoms. The van der Waals surface area contributed by atoms with E-state index in [1.165, 1.54) is 6.42 Å². The second-order valence-corrected chi connectivity index (χ2v) is 4.54. The molecule has 1 fully saturated rings. The van der Waals surface area contributed by atoms with Gasteiger partial charge in [0.1, 0.15) is 0 Å². The summed E-state index contributed by atoms with van der Waals surface area (Å²) in [6.45, 7) is 2.18. The monoisotopic (exact) mass is 189 g/mol. The molecule has 0 radical (unpaired) electrons. The van der Waals surface area contributed by atoms with Crippen molar-refractivity contribution in [2.75, 3.05) is 12.0 Å². The van der Waals surface area contributed by atoms with E-state index in [-0.39, 0.29) is 6.10 Å². The van der Waals surface area contributed by atoms with E-state index in [2.05, 4.69) is 18.5 Å². The van der Waals surface area contributed by atoms with Crippen LogP contribution in [0.15, 0.2) is 0 Å². The molecule has 0 aromatic rings. The number of aliphatic hydroxyl groups excluding tert-OH is 1. The molecular formula is C9H19NOS. The van der Waals surface area contributed by atoms with Crippen molar-refractivity contribution >= 4 is 11.8 Å². The van der Waals surface area contributed by atoms with E-state index in [1.807, 2.05) is 11.8 Å². The summed E-state index contributed by atoms with van der Waals surface area (Å²) in [4.78, 5) is 0. The van der Waals surface area contributed by atoms with Gasteiger partial charge in [-0.2, -0.15) is 11.8 Å². The first-order valence-electron chi connectivity index (χ1n) is 4.67. The van der Waals surface area contributed by atoms with Gasteiger partial charge in [0, 0.05) is 17.8 Å². The van der Waals surface area contributed by atoms with Crippen LogP contribution < -0.4 is 5.32 Å². The van der Waals surface area contributed by atoms with E-state index >= 15 is 0 Å². The van der Waals surface area contributed by atoms with Gasteiger partial charge in [0.15, 0.2) is 0 Å². The smallest absolute Gasteiger partial charge is 0.0693 e. The van der Waals surface area contributed by atoms with E-state index in [1.54, 1.807) is 0 Å². The number of aliphatic hydroxyl groups is 1. The Bertz CT molecular complexity index is 132. The van der Waals surface area contributed by atoms with Crippen molar-refractivity contribution in [3.8, 4) is 0 Å². The van der Waals surface area contributed by atoms with Gasteiger partial charge in [0.2, 0.25) is 0 Å². The molecule has 0 spiro atoms. The highest BCUT2D eigenvalue weighted by Gasteiger charge is 2.25. The van der Waals surface area contributed by atoms with E-state index in [4.69, 9.17) is 0 Å². The minimum atomic E-state index is -0.102. The van der Waals surface area contributed by atoms with Crippen molar-refractivity contribution in [1.82, 2.24) is 5.32 Å². The Morgan fingerprint density at radius 2 is 2.33 bits per heavy atom. The molecule has 72 valence electrons. The first-order valence-corrected chi connectivity index (χ1v) is 6.06. The van der Waals surface area contributed by atoms with Crippen molar-refractivity contribution < 1.29 is 5.11 Å². The fourth-order valence-corrected chi connectivity index (χ4v) is 2.39. The van der Waals surface area contributed by atoms with Gasteiger partial charge in [-0.05, 0) is 32.4 Å². The fraction of sp³-hybridized carbons (Fsp3) is 1.00. The molecule has 2 N–H and O–H groups in total. The molecule has 0 aliphatic heterocycles. The highest BCUT2D eigenvalue weighted by molar-refractivity contribution is 7.98. The standard InChI is InChI=1S/C9H19NOS/c1-7(6-12-2)10-8-4-3-5-9(8)11/h7-11H,3-6H2,1-2H3. The summed E-state index contributed by atoms with van der Waals surface area (Å²) in [5, 5.41) is 13.0. The molecule has 3 unspecified atom stereocenters. The SMILES string of the molecule is CSCC(C)NC1CCCC1O. The average molecular weight is 189 g/mol. The lowest BCUT2D eigenvalue weighted by Gasteiger charge is -2.21. The molecule has 1 saturated carbocycles. The zero-order valence-corrected chi connectivity index (χ0v) is 8.73. The Morgan fingerprint density at radius 3 is 2.83 bits per heavy atom. The third kappa shape index (κ3) is 2.96. The number of thioether (sulfide) groups is 1. The first-order chi connectivity index (χ1) is 5.74. The maximum atomic E-state index is 9.54. The predicted molar refractivity (Wildman–Crippen MR) is 54.6 cm³/mol. The van der Waals surface area contributed by atoms with Gasteiger partial charge < -0.3 is 10.4 Å². The molecule has 3 atom stereocenters. The van der Waals surface area contributed by atoms with E-state index in [9.17, 15) is 5.11 Å². The lowest BCUT2D eigenvalue weighted by atomic mass is 10.2. The van der Waals surface area contributed by atoms with Crippen LogP contribution in [0.25, 0.3) is 0 Å². The van der Waals surface area contributed by atoms with Gasteiger partial charge in [-0.15, -0.1) is 0 Å². The number of rotatable bonds is 4. The highest BCUT2D eigenvalue weighted by Crippen LogP contribution is 2.19. The molecule has 0 aromatic carbocycles. The molecule has 0 saturated heterocycles. The number of hydrogen-bond donors (Lipinski definition) is 2. The number of hydrogen-bond acceptors (Lipinski definition) is 3. The Labute approximate surface area is 79.1 Å². The van der Waals surface area contributed by atoms with Crippen LogP contribution in [0.5, 0.6) is 0 Å². The maximum Gasteiger partial charge on any atom is 0.0693 e. The number of nitrogens with one attached hydrogen (secondary N) is 1. The Hall–Kier alpha value is 0.270. The van der Waals surface area contributed by atoms with Crippen LogP contribution in [-0.2, 0) is 0 Å². The molecule has 1 rings (SSSR count). The molecule has 0 amide bonds. The molecule has 1 aliphatic rings. The normalized spacial score (nSPS) is 32.2. The zero-order valence-electron chi connectivity index (χ0n) is 7.92. The second-order valence-electron chi connectivity index (χ2n) is 3.63. The summed E-state index contributed by atoms with van der Waals surface area (Å²) in [5.74, 6) is 1.13. The van der Waals surface area contributed by atoms with Crippen molar-refractivity contribution in [2.45, 2.75) is 44.4 Å². The molecule has 0 heterocycles. The van der Waals surface area contributed by atoms with Gasteiger partial charge >= 0.3 is 0 Å². The Morgan fingerprint density at radius 1 is 1.58 bits per heavy atom. The van der Waals surface area contributed by atoms with Crippen LogP contribution in [0.1, 0.15) is 26.2 Å². The summed E-state index contributed by atoms with van der Waals surface area (Å²) >= 11 is 1.85. The van der Waals surface area contributed by atoms with Crippen LogP contribution in [-0.4, -0.2) is 35.3 Å². The third-order valence-electron chi connectivity index (χ3n) is 2.39. The fourth-order valence-electron chi connectivity index (χ4n) is 1.80. The summed E-state index contributed by atoms with van der Waals surface area (Å²) in [7, 11) is 0. The van der Waals surface area contributed by atoms with E-state index in [0.717, 1.165) is 18.6 Å². The van der Waals surface area contributed by atoms with Crippen molar-refractivity contribution in [3.05, 3.63) is 0 Å². The van der Waals surface area contributed by atoms with Gasteiger partial charge in [-0.3, -0.25) is 0 Å². The predicted octanol–water partition coefficient (Wildman–Crippen LogP) is 1.24. The Balaban J connectivity index is 2.20. The third-order valence-corrected chi connectivity index (χ3v) is 3.23. The van der Waals surface area contributed by atoms with Crippen LogP contribution in [0.4, 0.5) is 0 Å². The topological polar surface area (TPSA) is 32.3 Å². The maximum absolute atomic E-state index is 9.54. The van der Waals surface area contributed by atoms with Crippen LogP contribution in [0.2, 0.25) is 0 Å². The van der Waals surface area contributed by atoms with E-state index in [0.29, 0.717) is 12.1 Å². The summed E-state index contributed by atoms with van der Waals surface area (Å²) in [6.07, 6.45) is 5.30. The first kappa shape index (κ1) is 10.4. The van der Waals surface area contributed by atoms with Crippen LogP contribution >= 0.6 is 11.8 Å². The summed E-state index contributed by atoms with van der Waals surface area (Å²) < 4.78 is 0. The molecule has 0 aromatic heterocycles. The molecule has 2 nitrogen and oxygen atoms in total. The van der Waals surface area contributed by atoms with Gasteiger partial charge in [-0.25, -0.2) is 0 Å². The van der Waals surface area contributed by atoms with Crippen molar-refractivity contribution in [1.29, 1.82) is 0 Å². The average Bonchev–Trinajstić information content (AvgIpc) is 2.37. The second kappa shape index (κ2) is 5.10. The van der Waals surface area contributed by atoms with E-state index < -0.39 is 0 Å². The minimum absolute atomic E-state index is 0.102. The van der Waals surface area contributed by atoms with Gasteiger partial charge in [-0.1, -0.05) is 0 Å².